The third-order valence-electron chi connectivity index (χ3n) is 4.48. The van der Waals surface area contributed by atoms with E-state index in [2.05, 4.69) is 5.10 Å². The van der Waals surface area contributed by atoms with E-state index in [-0.39, 0.29) is 17.9 Å². The third kappa shape index (κ3) is 5.25. The van der Waals surface area contributed by atoms with Crippen molar-refractivity contribution in [2.45, 2.75) is 19.6 Å². The first-order valence-electron chi connectivity index (χ1n) is 9.44. The van der Waals surface area contributed by atoms with Crippen molar-refractivity contribution in [3.05, 3.63) is 93.5 Å². The van der Waals surface area contributed by atoms with Crippen LogP contribution in [0.4, 0.5) is 4.39 Å². The molecule has 2 aromatic carbocycles. The van der Waals surface area contributed by atoms with Crippen molar-refractivity contribution in [2.24, 2.45) is 5.73 Å². The van der Waals surface area contributed by atoms with Crippen LogP contribution in [0.5, 0.6) is 0 Å². The number of hydrogen-bond acceptors (Lipinski definition) is 4. The van der Waals surface area contributed by atoms with Crippen LogP contribution < -0.4 is 11.3 Å². The summed E-state index contributed by atoms with van der Waals surface area (Å²) in [6.07, 6.45) is 3.86. The normalized spacial score (nSPS) is 11.5. The molecule has 0 spiro atoms. The highest BCUT2D eigenvalue weighted by Crippen LogP contribution is 2.20. The molecule has 150 valence electrons. The summed E-state index contributed by atoms with van der Waals surface area (Å²) in [5.41, 5.74) is 8.94. The fourth-order valence-electron chi connectivity index (χ4n) is 3.06. The highest BCUT2D eigenvalue weighted by Gasteiger charge is 2.12. The SMILES string of the molecule is CN(C)Cc1cc(-c2ccc(F)c(CN)c2)nn(CC=Cc2ccccc2)c1=O. The zero-order valence-electron chi connectivity index (χ0n) is 16.7. The van der Waals surface area contributed by atoms with E-state index in [9.17, 15) is 9.18 Å². The molecule has 1 aromatic heterocycles. The highest BCUT2D eigenvalue weighted by molar-refractivity contribution is 5.60. The molecular weight excluding hydrogens is 367 g/mol. The van der Waals surface area contributed by atoms with Crippen LogP contribution >= 0.6 is 0 Å². The summed E-state index contributed by atoms with van der Waals surface area (Å²) in [7, 11) is 3.81. The Morgan fingerprint density at radius 1 is 1.10 bits per heavy atom. The minimum Gasteiger partial charge on any atom is -0.326 e. The standard InChI is InChI=1S/C23H25FN4O/c1-27(2)16-20-14-22(18-10-11-21(24)19(13-18)15-25)26-28(23(20)29)12-6-9-17-7-4-3-5-8-17/h3-11,13-14H,12,15-16,25H2,1-2H3. The van der Waals surface area contributed by atoms with Crippen molar-refractivity contribution in [3.63, 3.8) is 0 Å². The summed E-state index contributed by atoms with van der Waals surface area (Å²) in [6.45, 7) is 0.929. The molecule has 0 amide bonds. The quantitative estimate of drug-likeness (QED) is 0.670. The second-order valence-corrected chi connectivity index (χ2v) is 7.10. The molecular formula is C23H25FN4O. The summed E-state index contributed by atoms with van der Waals surface area (Å²) in [5.74, 6) is -0.344. The van der Waals surface area contributed by atoms with Crippen molar-refractivity contribution in [2.75, 3.05) is 14.1 Å². The molecule has 5 nitrogen and oxygen atoms in total. The van der Waals surface area contributed by atoms with Gasteiger partial charge in [-0.2, -0.15) is 5.10 Å². The molecule has 0 aliphatic rings. The third-order valence-corrected chi connectivity index (χ3v) is 4.48. The van der Waals surface area contributed by atoms with Crippen molar-refractivity contribution < 1.29 is 4.39 Å². The van der Waals surface area contributed by atoms with Crippen LogP contribution in [-0.2, 0) is 19.6 Å². The number of aromatic nitrogens is 2. The van der Waals surface area contributed by atoms with Gasteiger partial charge in [0.15, 0.2) is 0 Å². The van der Waals surface area contributed by atoms with Gasteiger partial charge in [0.1, 0.15) is 5.82 Å². The Balaban J connectivity index is 2.00. The first-order valence-corrected chi connectivity index (χ1v) is 9.44. The summed E-state index contributed by atoms with van der Waals surface area (Å²) in [6, 6.07) is 16.4. The molecule has 0 saturated carbocycles. The van der Waals surface area contributed by atoms with Crippen molar-refractivity contribution in [1.82, 2.24) is 14.7 Å². The average Bonchev–Trinajstić information content (AvgIpc) is 2.71. The van der Waals surface area contributed by atoms with Gasteiger partial charge in [-0.25, -0.2) is 9.07 Å². The second-order valence-electron chi connectivity index (χ2n) is 7.10. The van der Waals surface area contributed by atoms with Crippen LogP contribution in [0.1, 0.15) is 16.7 Å². The summed E-state index contributed by atoms with van der Waals surface area (Å²) < 4.78 is 15.3. The minimum atomic E-state index is -0.344. The van der Waals surface area contributed by atoms with E-state index in [0.29, 0.717) is 29.9 Å². The molecule has 2 N–H and O–H groups in total. The van der Waals surface area contributed by atoms with E-state index >= 15 is 0 Å². The molecule has 6 heteroatoms. The van der Waals surface area contributed by atoms with Gasteiger partial charge in [-0.3, -0.25) is 4.79 Å². The molecule has 3 rings (SSSR count). The van der Waals surface area contributed by atoms with E-state index < -0.39 is 0 Å². The summed E-state index contributed by atoms with van der Waals surface area (Å²) in [5, 5.41) is 4.52. The Kier molecular flexibility index (Phi) is 6.69. The zero-order valence-corrected chi connectivity index (χ0v) is 16.7. The number of halogens is 1. The molecule has 0 bridgehead atoms. The van der Waals surface area contributed by atoms with Crippen LogP contribution in [0.15, 0.2) is 65.5 Å². The number of rotatable bonds is 7. The van der Waals surface area contributed by atoms with Gasteiger partial charge in [0.05, 0.1) is 12.2 Å². The molecule has 3 aromatic rings. The van der Waals surface area contributed by atoms with Crippen LogP contribution in [0.25, 0.3) is 17.3 Å². The lowest BCUT2D eigenvalue weighted by Gasteiger charge is -2.13. The van der Waals surface area contributed by atoms with Gasteiger partial charge in [-0.1, -0.05) is 42.5 Å². The maximum atomic E-state index is 13.8. The molecule has 1 heterocycles. The smallest absolute Gasteiger partial charge is 0.271 e. The van der Waals surface area contributed by atoms with Crippen LogP contribution in [0.3, 0.4) is 0 Å². The van der Waals surface area contributed by atoms with Gasteiger partial charge < -0.3 is 10.6 Å². The maximum absolute atomic E-state index is 13.8. The predicted octanol–water partition coefficient (Wildman–Crippen LogP) is 3.28. The first-order chi connectivity index (χ1) is 14.0. The Morgan fingerprint density at radius 3 is 2.55 bits per heavy atom. The molecule has 29 heavy (non-hydrogen) atoms. The first kappa shape index (κ1) is 20.6. The lowest BCUT2D eigenvalue weighted by Crippen LogP contribution is -2.29. The molecule has 0 radical (unpaired) electrons. The molecule has 0 fully saturated rings. The Bertz CT molecular complexity index is 1060. The highest BCUT2D eigenvalue weighted by atomic mass is 19.1. The van der Waals surface area contributed by atoms with E-state index in [1.807, 2.05) is 61.5 Å². The number of allylic oxidation sites excluding steroid dienone is 1. The number of nitrogens with zero attached hydrogens (tertiary/aromatic N) is 3. The fraction of sp³-hybridized carbons (Fsp3) is 0.217. The van der Waals surface area contributed by atoms with Crippen molar-refractivity contribution >= 4 is 6.08 Å². The van der Waals surface area contributed by atoms with E-state index in [4.69, 9.17) is 5.73 Å². The van der Waals surface area contributed by atoms with Gasteiger partial charge in [-0.15, -0.1) is 0 Å². The topological polar surface area (TPSA) is 64.2 Å². The van der Waals surface area contributed by atoms with Crippen molar-refractivity contribution in [3.8, 4) is 11.3 Å². The minimum absolute atomic E-state index is 0.101. The Hall–Kier alpha value is -3.09. The van der Waals surface area contributed by atoms with E-state index in [1.54, 1.807) is 18.2 Å². The molecule has 0 saturated heterocycles. The van der Waals surface area contributed by atoms with Gasteiger partial charge in [0.2, 0.25) is 0 Å². The van der Waals surface area contributed by atoms with Gasteiger partial charge in [0, 0.05) is 29.8 Å². The second kappa shape index (κ2) is 9.41. The van der Waals surface area contributed by atoms with E-state index in [1.165, 1.54) is 10.7 Å². The largest absolute Gasteiger partial charge is 0.326 e. The van der Waals surface area contributed by atoms with Crippen LogP contribution in [0.2, 0.25) is 0 Å². The van der Waals surface area contributed by atoms with Gasteiger partial charge in [0.25, 0.3) is 5.56 Å². The molecule has 0 aliphatic heterocycles. The van der Waals surface area contributed by atoms with Crippen LogP contribution in [-0.4, -0.2) is 28.8 Å². The fourth-order valence-corrected chi connectivity index (χ4v) is 3.06. The zero-order chi connectivity index (χ0) is 20.8. The molecule has 0 aliphatic carbocycles. The summed E-state index contributed by atoms with van der Waals surface area (Å²) in [4.78, 5) is 14.8. The molecule has 0 atom stereocenters. The van der Waals surface area contributed by atoms with Gasteiger partial charge in [-0.05, 0) is 43.9 Å². The predicted molar refractivity (Wildman–Crippen MR) is 115 cm³/mol. The van der Waals surface area contributed by atoms with Crippen molar-refractivity contribution in [1.29, 1.82) is 0 Å². The summed E-state index contributed by atoms with van der Waals surface area (Å²) >= 11 is 0. The Morgan fingerprint density at radius 2 is 1.86 bits per heavy atom. The number of nitrogens with two attached hydrogens (primary N) is 1. The number of benzene rings is 2. The Labute approximate surface area is 169 Å². The van der Waals surface area contributed by atoms with E-state index in [0.717, 1.165) is 11.1 Å². The molecule has 0 unspecified atom stereocenters. The lowest BCUT2D eigenvalue weighted by atomic mass is 10.1. The maximum Gasteiger partial charge on any atom is 0.271 e. The lowest BCUT2D eigenvalue weighted by molar-refractivity contribution is 0.397. The van der Waals surface area contributed by atoms with Gasteiger partial charge >= 0.3 is 0 Å². The average molecular weight is 392 g/mol. The number of hydrogen-bond donors (Lipinski definition) is 1. The monoisotopic (exact) mass is 392 g/mol. The van der Waals surface area contributed by atoms with Crippen LogP contribution in [0, 0.1) is 5.82 Å².